The van der Waals surface area contributed by atoms with Crippen LogP contribution in [0.15, 0.2) is 35.5 Å². The second kappa shape index (κ2) is 7.81. The summed E-state index contributed by atoms with van der Waals surface area (Å²) in [5.41, 5.74) is 6.41. The molecule has 0 spiro atoms. The van der Waals surface area contributed by atoms with Crippen LogP contribution < -0.4 is 5.73 Å². The Morgan fingerprint density at radius 3 is 2.58 bits per heavy atom. The molecule has 0 unspecified atom stereocenters. The van der Waals surface area contributed by atoms with Gasteiger partial charge in [0.05, 0.1) is 11.8 Å². The molecule has 7 heteroatoms. The number of nitrogens with zero attached hydrogens (tertiary/aromatic N) is 4. The number of piperidine rings is 1. The Hall–Kier alpha value is -1.86. The van der Waals surface area contributed by atoms with Crippen molar-refractivity contribution in [3.8, 4) is 5.69 Å². The number of rotatable bonds is 6. The zero-order chi connectivity index (χ0) is 16.9. The highest BCUT2D eigenvalue weighted by atomic mass is 32.2. The van der Waals surface area contributed by atoms with Crippen molar-refractivity contribution in [1.29, 1.82) is 0 Å². The highest BCUT2D eigenvalue weighted by Gasteiger charge is 2.21. The van der Waals surface area contributed by atoms with Crippen LogP contribution in [0, 0.1) is 0 Å². The molecule has 3 rings (SSSR count). The molecule has 1 fully saturated rings. The van der Waals surface area contributed by atoms with Crippen molar-refractivity contribution in [3.05, 3.63) is 36.2 Å². The highest BCUT2D eigenvalue weighted by Crippen LogP contribution is 2.26. The zero-order valence-corrected chi connectivity index (χ0v) is 14.7. The quantitative estimate of drug-likeness (QED) is 0.812. The minimum atomic E-state index is -0.348. The van der Waals surface area contributed by atoms with Crippen molar-refractivity contribution in [2.45, 2.75) is 43.1 Å². The smallest absolute Gasteiger partial charge is 0.230 e. The molecular weight excluding hydrogens is 322 g/mol. The molecule has 1 atom stereocenters. The minimum absolute atomic E-state index is 0.347. The highest BCUT2D eigenvalue weighted by molar-refractivity contribution is 8.00. The molecule has 24 heavy (non-hydrogen) atoms. The van der Waals surface area contributed by atoms with Crippen LogP contribution in [0.25, 0.3) is 5.69 Å². The molecular formula is C17H23N5OS. The van der Waals surface area contributed by atoms with E-state index in [1.165, 1.54) is 31.0 Å². The van der Waals surface area contributed by atoms with E-state index in [4.69, 9.17) is 5.73 Å². The first-order chi connectivity index (χ1) is 11.6. The maximum absolute atomic E-state index is 11.4. The third-order valence-electron chi connectivity index (χ3n) is 4.21. The Balaban J connectivity index is 1.90. The topological polar surface area (TPSA) is 77.0 Å². The lowest BCUT2D eigenvalue weighted by Crippen LogP contribution is -2.30. The molecule has 0 aliphatic carbocycles. The normalized spacial score (nSPS) is 16.9. The van der Waals surface area contributed by atoms with Gasteiger partial charge in [-0.05, 0) is 45.0 Å². The van der Waals surface area contributed by atoms with Gasteiger partial charge in [-0.1, -0.05) is 36.4 Å². The molecule has 1 amide bonds. The number of benzene rings is 1. The van der Waals surface area contributed by atoms with E-state index in [2.05, 4.69) is 15.1 Å². The standard InChI is InChI=1S/C17H23N5OS/c1-13(16(18)23)24-17-20-19-15(12-21-10-6-3-7-11-21)22(17)14-8-4-2-5-9-14/h2,4-5,8-9,13H,3,6-7,10-12H2,1H3,(H2,18,23)/t13-/m0/s1. The van der Waals surface area contributed by atoms with Gasteiger partial charge >= 0.3 is 0 Å². The summed E-state index contributed by atoms with van der Waals surface area (Å²) >= 11 is 1.35. The summed E-state index contributed by atoms with van der Waals surface area (Å²) in [6.45, 7) is 4.76. The molecule has 1 saturated heterocycles. The van der Waals surface area contributed by atoms with Gasteiger partial charge in [-0.25, -0.2) is 0 Å². The number of nitrogens with two attached hydrogens (primary N) is 1. The van der Waals surface area contributed by atoms with E-state index < -0.39 is 0 Å². The van der Waals surface area contributed by atoms with E-state index >= 15 is 0 Å². The van der Waals surface area contributed by atoms with Crippen molar-refractivity contribution in [1.82, 2.24) is 19.7 Å². The predicted molar refractivity (Wildman–Crippen MR) is 95.0 cm³/mol. The number of carbonyl (C=O) groups is 1. The van der Waals surface area contributed by atoms with Crippen molar-refractivity contribution in [2.75, 3.05) is 13.1 Å². The molecule has 2 aromatic rings. The Labute approximate surface area is 146 Å². The summed E-state index contributed by atoms with van der Waals surface area (Å²) < 4.78 is 2.04. The Bertz CT molecular complexity index is 682. The van der Waals surface area contributed by atoms with Crippen LogP contribution in [-0.4, -0.2) is 43.9 Å². The van der Waals surface area contributed by atoms with Crippen LogP contribution in [0.2, 0.25) is 0 Å². The van der Waals surface area contributed by atoms with Gasteiger partial charge in [-0.3, -0.25) is 14.3 Å². The van der Waals surface area contributed by atoms with Crippen molar-refractivity contribution in [3.63, 3.8) is 0 Å². The number of thioether (sulfide) groups is 1. The maximum Gasteiger partial charge on any atom is 0.230 e. The van der Waals surface area contributed by atoms with Crippen LogP contribution in [0.4, 0.5) is 0 Å². The summed E-state index contributed by atoms with van der Waals surface area (Å²) in [5, 5.41) is 9.08. The Morgan fingerprint density at radius 1 is 1.21 bits per heavy atom. The average molecular weight is 345 g/mol. The molecule has 0 bridgehead atoms. The molecule has 0 saturated carbocycles. The first kappa shape index (κ1) is 17.0. The van der Waals surface area contributed by atoms with Crippen molar-refractivity contribution < 1.29 is 4.79 Å². The van der Waals surface area contributed by atoms with E-state index in [9.17, 15) is 4.79 Å². The van der Waals surface area contributed by atoms with Gasteiger partial charge in [0.15, 0.2) is 11.0 Å². The van der Waals surface area contributed by atoms with Crippen LogP contribution in [0.3, 0.4) is 0 Å². The van der Waals surface area contributed by atoms with Gasteiger partial charge in [-0.2, -0.15) is 0 Å². The third kappa shape index (κ3) is 3.96. The second-order valence-corrected chi connectivity index (χ2v) is 7.38. The number of amides is 1. The van der Waals surface area contributed by atoms with Gasteiger partial charge in [-0.15, -0.1) is 10.2 Å². The summed E-state index contributed by atoms with van der Waals surface area (Å²) in [4.78, 5) is 13.8. The molecule has 1 aromatic heterocycles. The first-order valence-electron chi connectivity index (χ1n) is 8.33. The van der Waals surface area contributed by atoms with Gasteiger partial charge in [0.2, 0.25) is 5.91 Å². The van der Waals surface area contributed by atoms with Gasteiger partial charge in [0.1, 0.15) is 0 Å². The van der Waals surface area contributed by atoms with Crippen molar-refractivity contribution in [2.24, 2.45) is 5.73 Å². The number of carbonyl (C=O) groups excluding carboxylic acids is 1. The summed E-state index contributed by atoms with van der Waals surface area (Å²) in [6, 6.07) is 10.0. The van der Waals surface area contributed by atoms with Crippen LogP contribution >= 0.6 is 11.8 Å². The number of likely N-dealkylation sites (tertiary alicyclic amines) is 1. The average Bonchev–Trinajstić information content (AvgIpc) is 2.98. The lowest BCUT2D eigenvalue weighted by Gasteiger charge is -2.26. The number of aromatic nitrogens is 3. The number of para-hydroxylation sites is 1. The Kier molecular flexibility index (Phi) is 5.52. The van der Waals surface area contributed by atoms with Gasteiger partial charge in [0.25, 0.3) is 0 Å². The predicted octanol–water partition coefficient (Wildman–Crippen LogP) is 2.22. The second-order valence-electron chi connectivity index (χ2n) is 6.07. The van der Waals surface area contributed by atoms with Gasteiger partial charge < -0.3 is 5.73 Å². The fourth-order valence-corrected chi connectivity index (χ4v) is 3.69. The summed E-state index contributed by atoms with van der Waals surface area (Å²) in [7, 11) is 0. The monoisotopic (exact) mass is 345 g/mol. The summed E-state index contributed by atoms with van der Waals surface area (Å²) in [6.07, 6.45) is 3.78. The molecule has 2 heterocycles. The SMILES string of the molecule is C[C@H](Sc1nnc(CN2CCCCC2)n1-c1ccccc1)C(N)=O. The lowest BCUT2D eigenvalue weighted by atomic mass is 10.1. The van der Waals surface area contributed by atoms with Crippen LogP contribution in [0.1, 0.15) is 32.0 Å². The van der Waals surface area contributed by atoms with E-state index in [0.717, 1.165) is 31.1 Å². The zero-order valence-electron chi connectivity index (χ0n) is 13.9. The molecule has 6 nitrogen and oxygen atoms in total. The molecule has 2 N–H and O–H groups in total. The molecule has 1 aliphatic rings. The van der Waals surface area contributed by atoms with E-state index in [-0.39, 0.29) is 11.2 Å². The van der Waals surface area contributed by atoms with E-state index in [1.54, 1.807) is 6.92 Å². The maximum atomic E-state index is 11.4. The minimum Gasteiger partial charge on any atom is -0.369 e. The van der Waals surface area contributed by atoms with Crippen LogP contribution in [-0.2, 0) is 11.3 Å². The lowest BCUT2D eigenvalue weighted by molar-refractivity contribution is -0.117. The first-order valence-corrected chi connectivity index (χ1v) is 9.21. The number of primary amides is 1. The third-order valence-corrected chi connectivity index (χ3v) is 5.27. The van der Waals surface area contributed by atoms with Gasteiger partial charge in [0, 0.05) is 5.69 Å². The number of hydrogen-bond donors (Lipinski definition) is 1. The molecule has 0 radical (unpaired) electrons. The van der Waals surface area contributed by atoms with E-state index in [1.807, 2.05) is 34.9 Å². The fourth-order valence-electron chi connectivity index (χ4n) is 2.85. The fraction of sp³-hybridized carbons (Fsp3) is 0.471. The van der Waals surface area contributed by atoms with E-state index in [0.29, 0.717) is 5.16 Å². The molecule has 1 aromatic carbocycles. The van der Waals surface area contributed by atoms with Crippen LogP contribution in [0.5, 0.6) is 0 Å². The molecule has 128 valence electrons. The summed E-state index contributed by atoms with van der Waals surface area (Å²) in [5.74, 6) is 0.558. The largest absolute Gasteiger partial charge is 0.369 e. The van der Waals surface area contributed by atoms with Crippen molar-refractivity contribution >= 4 is 17.7 Å². The molecule has 1 aliphatic heterocycles. The number of hydrogen-bond acceptors (Lipinski definition) is 5. The Morgan fingerprint density at radius 2 is 1.92 bits per heavy atom.